The van der Waals surface area contributed by atoms with E-state index < -0.39 is 26.2 Å². The van der Waals surface area contributed by atoms with Gasteiger partial charge in [0.2, 0.25) is 0 Å². The Labute approximate surface area is 113 Å². The molecule has 0 aliphatic rings. The van der Waals surface area contributed by atoms with E-state index in [9.17, 15) is 0 Å². The van der Waals surface area contributed by atoms with Crippen molar-refractivity contribution < 1.29 is 4.43 Å². The lowest BCUT2D eigenvalue weighted by Gasteiger charge is -2.48. The summed E-state index contributed by atoms with van der Waals surface area (Å²) < 4.78 is 8.93. The second kappa shape index (κ2) is 6.65. The van der Waals surface area contributed by atoms with E-state index in [1.807, 2.05) is 0 Å². The van der Waals surface area contributed by atoms with Crippen molar-refractivity contribution in [3.8, 4) is 0 Å². The Morgan fingerprint density at radius 3 is 1.65 bits per heavy atom. The molecule has 0 aliphatic carbocycles. The van der Waals surface area contributed by atoms with E-state index >= 15 is 0 Å². The first-order valence-electron chi connectivity index (χ1n) is 6.91. The molecule has 1 unspecified atom stereocenters. The highest BCUT2D eigenvalue weighted by Crippen LogP contribution is 2.24. The van der Waals surface area contributed by atoms with E-state index in [0.29, 0.717) is 6.10 Å². The Bertz CT molecular complexity index is 207. The van der Waals surface area contributed by atoms with Crippen LogP contribution in [0.25, 0.3) is 0 Å². The fraction of sp³-hybridized carbons (Fsp3) is 1.00. The summed E-state index contributed by atoms with van der Waals surface area (Å²) >= 11 is 0. The first kappa shape index (κ1) is 17.6. The van der Waals surface area contributed by atoms with Crippen molar-refractivity contribution in [2.45, 2.75) is 78.2 Å². The lowest BCUT2D eigenvalue weighted by atomic mass is 10.5. The molecule has 0 aromatic heterocycles. The number of rotatable bonds is 7. The van der Waals surface area contributed by atoms with Gasteiger partial charge in [0, 0.05) is 11.8 Å². The third-order valence-electron chi connectivity index (χ3n) is 2.90. The quantitative estimate of drug-likeness (QED) is 0.668. The zero-order valence-electron chi connectivity index (χ0n) is 13.4. The molecule has 0 amide bonds. The molecule has 0 bridgehead atoms. The molecule has 5 heteroatoms. The maximum atomic E-state index is 6.01. The molecule has 0 N–H and O–H groups in total. The molecule has 2 nitrogen and oxygen atoms in total. The predicted molar refractivity (Wildman–Crippen MR) is 87.4 cm³/mol. The van der Waals surface area contributed by atoms with E-state index in [-0.39, 0.29) is 0 Å². The Kier molecular flexibility index (Phi) is 6.88. The zero-order valence-corrected chi connectivity index (χ0v) is 16.8. The SMILES string of the molecule is CCC([SiH2]OC(C)C)N([Si](C)(C)C)[Si](C)(C)C. The first-order chi connectivity index (χ1) is 7.50. The smallest absolute Gasteiger partial charge is 0.177 e. The van der Waals surface area contributed by atoms with Crippen LogP contribution in [0, 0.1) is 0 Å². The van der Waals surface area contributed by atoms with Crippen molar-refractivity contribution in [2.24, 2.45) is 0 Å². The molecule has 0 aromatic carbocycles. The van der Waals surface area contributed by atoms with Crippen molar-refractivity contribution in [3.05, 3.63) is 0 Å². The molecule has 0 radical (unpaired) electrons. The van der Waals surface area contributed by atoms with Crippen molar-refractivity contribution in [1.29, 1.82) is 0 Å². The van der Waals surface area contributed by atoms with Crippen molar-refractivity contribution >= 4 is 26.2 Å². The molecule has 17 heavy (non-hydrogen) atoms. The highest BCUT2D eigenvalue weighted by molar-refractivity contribution is 6.90. The maximum absolute atomic E-state index is 6.01. The summed E-state index contributed by atoms with van der Waals surface area (Å²) in [5.41, 5.74) is 0.746. The van der Waals surface area contributed by atoms with E-state index in [1.54, 1.807) is 0 Å². The summed E-state index contributed by atoms with van der Waals surface area (Å²) in [7, 11) is -2.89. The molecular formula is C12H33NOSi3. The summed E-state index contributed by atoms with van der Waals surface area (Å²) in [5, 5.41) is 0. The summed E-state index contributed by atoms with van der Waals surface area (Å²) in [4.78, 5) is 0. The van der Waals surface area contributed by atoms with Gasteiger partial charge in [0.1, 0.15) is 16.5 Å². The molecule has 1 atom stereocenters. The minimum atomic E-state index is -1.23. The Hall–Kier alpha value is 0.571. The lowest BCUT2D eigenvalue weighted by Crippen LogP contribution is -2.64. The third kappa shape index (κ3) is 6.33. The first-order valence-corrected chi connectivity index (χ1v) is 15.2. The monoisotopic (exact) mass is 291 g/mol. The van der Waals surface area contributed by atoms with Crippen LogP contribution in [0.15, 0.2) is 0 Å². The highest BCUT2D eigenvalue weighted by Gasteiger charge is 2.38. The van der Waals surface area contributed by atoms with Gasteiger partial charge in [-0.2, -0.15) is 0 Å². The van der Waals surface area contributed by atoms with E-state index in [2.05, 4.69) is 64.3 Å². The third-order valence-corrected chi connectivity index (χ3v) is 13.5. The van der Waals surface area contributed by atoms with Gasteiger partial charge in [-0.3, -0.25) is 0 Å². The highest BCUT2D eigenvalue weighted by atomic mass is 28.4. The van der Waals surface area contributed by atoms with Crippen molar-refractivity contribution in [2.75, 3.05) is 0 Å². The summed E-state index contributed by atoms with van der Waals surface area (Å²) in [6, 6.07) is 0. The minimum absolute atomic E-state index is 0.404. The maximum Gasteiger partial charge on any atom is 0.177 e. The lowest BCUT2D eigenvalue weighted by molar-refractivity contribution is 0.243. The summed E-state index contributed by atoms with van der Waals surface area (Å²) in [6.07, 6.45) is 1.66. The fourth-order valence-electron chi connectivity index (χ4n) is 2.78. The van der Waals surface area contributed by atoms with Crippen LogP contribution in [0.4, 0.5) is 0 Å². The molecular weight excluding hydrogens is 258 g/mol. The van der Waals surface area contributed by atoms with E-state index in [4.69, 9.17) is 4.43 Å². The second-order valence-corrected chi connectivity index (χ2v) is 18.9. The second-order valence-electron chi connectivity index (χ2n) is 7.16. The minimum Gasteiger partial charge on any atom is -0.420 e. The van der Waals surface area contributed by atoms with Crippen LogP contribution in [0.5, 0.6) is 0 Å². The van der Waals surface area contributed by atoms with Crippen LogP contribution in [0.3, 0.4) is 0 Å². The molecule has 0 aromatic rings. The van der Waals surface area contributed by atoms with Crippen LogP contribution < -0.4 is 0 Å². The average Bonchev–Trinajstić information content (AvgIpc) is 2.06. The number of hydrogen-bond acceptors (Lipinski definition) is 2. The van der Waals surface area contributed by atoms with Crippen molar-refractivity contribution in [3.63, 3.8) is 0 Å². The van der Waals surface area contributed by atoms with Crippen LogP contribution in [0.2, 0.25) is 39.3 Å². The Morgan fingerprint density at radius 1 is 1.00 bits per heavy atom. The van der Waals surface area contributed by atoms with Gasteiger partial charge in [-0.15, -0.1) is 0 Å². The molecule has 0 heterocycles. The fourth-order valence-corrected chi connectivity index (χ4v) is 18.1. The van der Waals surface area contributed by atoms with Gasteiger partial charge >= 0.3 is 0 Å². The molecule has 0 saturated carbocycles. The molecule has 0 saturated heterocycles. The van der Waals surface area contributed by atoms with Crippen LogP contribution in [0.1, 0.15) is 27.2 Å². The number of hydrogen-bond donors (Lipinski definition) is 0. The molecule has 0 aliphatic heterocycles. The molecule has 104 valence electrons. The van der Waals surface area contributed by atoms with Crippen LogP contribution in [-0.2, 0) is 4.43 Å². The molecule has 0 fully saturated rings. The number of nitrogens with zero attached hydrogens (tertiary/aromatic N) is 1. The summed E-state index contributed by atoms with van der Waals surface area (Å²) in [6.45, 7) is 21.6. The molecule has 0 spiro atoms. The van der Waals surface area contributed by atoms with Gasteiger partial charge in [0.15, 0.2) is 9.76 Å². The van der Waals surface area contributed by atoms with Gasteiger partial charge < -0.3 is 8.66 Å². The Morgan fingerprint density at radius 2 is 1.41 bits per heavy atom. The molecule has 0 rings (SSSR count). The topological polar surface area (TPSA) is 12.5 Å². The average molecular weight is 292 g/mol. The largest absolute Gasteiger partial charge is 0.420 e. The van der Waals surface area contributed by atoms with Gasteiger partial charge in [0.25, 0.3) is 0 Å². The predicted octanol–water partition coefficient (Wildman–Crippen LogP) is 3.20. The van der Waals surface area contributed by atoms with Crippen LogP contribution in [-0.4, -0.2) is 42.2 Å². The van der Waals surface area contributed by atoms with Gasteiger partial charge in [0.05, 0.1) is 0 Å². The van der Waals surface area contributed by atoms with E-state index in [0.717, 1.165) is 5.67 Å². The van der Waals surface area contributed by atoms with Gasteiger partial charge in [-0.1, -0.05) is 46.2 Å². The van der Waals surface area contributed by atoms with Crippen molar-refractivity contribution in [1.82, 2.24) is 4.23 Å². The Balaban J connectivity index is 4.88. The van der Waals surface area contributed by atoms with Crippen LogP contribution >= 0.6 is 0 Å². The van der Waals surface area contributed by atoms with E-state index in [1.165, 1.54) is 6.42 Å². The van der Waals surface area contributed by atoms with Gasteiger partial charge in [-0.05, 0) is 20.3 Å². The van der Waals surface area contributed by atoms with Gasteiger partial charge in [-0.25, -0.2) is 0 Å². The normalized spacial score (nSPS) is 16.4. The zero-order chi connectivity index (χ0) is 13.9. The summed E-state index contributed by atoms with van der Waals surface area (Å²) in [5.74, 6) is 0. The standard InChI is InChI=1S/C12H33NOSi3/c1-10-12(15-14-11(2)3)13(16(4,5)6)17(7,8)9/h11-12H,10,15H2,1-9H3.